The number of carbonyl (C=O) groups excluding carboxylic acids is 1. The molecule has 1 aromatic heterocycles. The summed E-state index contributed by atoms with van der Waals surface area (Å²) in [6.45, 7) is 2.88. The standard InChI is InChI=1S/C24H23FN2O2S/c1-17-26-21(16-30-17)15-29-23-4-2-3-18(13-23)7-12-24(28)27(22-10-11-22)14-19-5-8-20(25)9-6-19/h2-9,12-13,16,22H,10-11,14-15H2,1H3/b12-7+. The quantitative estimate of drug-likeness (QED) is 0.458. The Kier molecular flexibility index (Phi) is 6.23. The van der Waals surface area contributed by atoms with Crippen LogP contribution >= 0.6 is 11.3 Å². The van der Waals surface area contributed by atoms with Crippen LogP contribution in [0.3, 0.4) is 0 Å². The maximum absolute atomic E-state index is 13.1. The second-order valence-corrected chi connectivity index (χ2v) is 8.44. The Balaban J connectivity index is 1.39. The second-order valence-electron chi connectivity index (χ2n) is 7.38. The Morgan fingerprint density at radius 1 is 1.27 bits per heavy atom. The maximum Gasteiger partial charge on any atom is 0.247 e. The van der Waals surface area contributed by atoms with E-state index in [0.29, 0.717) is 13.2 Å². The molecule has 0 saturated heterocycles. The molecule has 0 atom stereocenters. The number of nitrogens with zero attached hydrogens (tertiary/aromatic N) is 2. The number of hydrogen-bond acceptors (Lipinski definition) is 4. The van der Waals surface area contributed by atoms with Crippen LogP contribution in [0, 0.1) is 12.7 Å². The third-order valence-corrected chi connectivity index (χ3v) is 5.69. The lowest BCUT2D eigenvalue weighted by Gasteiger charge is -2.21. The number of ether oxygens (including phenoxy) is 1. The summed E-state index contributed by atoms with van der Waals surface area (Å²) in [6, 6.07) is 14.2. The molecular formula is C24H23FN2O2S. The number of thiazole rings is 1. The summed E-state index contributed by atoms with van der Waals surface area (Å²) < 4.78 is 19.0. The van der Waals surface area contributed by atoms with Gasteiger partial charge >= 0.3 is 0 Å². The van der Waals surface area contributed by atoms with E-state index in [4.69, 9.17) is 4.74 Å². The molecule has 0 N–H and O–H groups in total. The largest absolute Gasteiger partial charge is 0.487 e. The van der Waals surface area contributed by atoms with Crippen molar-refractivity contribution in [3.8, 4) is 5.75 Å². The molecule has 1 amide bonds. The van der Waals surface area contributed by atoms with Gasteiger partial charge in [0.05, 0.1) is 10.7 Å². The van der Waals surface area contributed by atoms with Gasteiger partial charge in [0.25, 0.3) is 0 Å². The highest BCUT2D eigenvalue weighted by Crippen LogP contribution is 2.29. The molecule has 30 heavy (non-hydrogen) atoms. The van der Waals surface area contributed by atoms with Gasteiger partial charge in [0.15, 0.2) is 0 Å². The zero-order chi connectivity index (χ0) is 20.9. The molecule has 0 aliphatic heterocycles. The van der Waals surface area contributed by atoms with Gasteiger partial charge in [0.2, 0.25) is 5.91 Å². The molecule has 154 valence electrons. The summed E-state index contributed by atoms with van der Waals surface area (Å²) in [4.78, 5) is 19.0. The highest BCUT2D eigenvalue weighted by Gasteiger charge is 2.31. The third-order valence-electron chi connectivity index (χ3n) is 4.87. The lowest BCUT2D eigenvalue weighted by atomic mass is 10.2. The Morgan fingerprint density at radius 2 is 2.07 bits per heavy atom. The number of aryl methyl sites for hydroxylation is 1. The number of carbonyl (C=O) groups is 1. The van der Waals surface area contributed by atoms with Gasteiger partial charge in [-0.05, 0) is 61.2 Å². The summed E-state index contributed by atoms with van der Waals surface area (Å²) >= 11 is 1.60. The molecule has 1 aliphatic carbocycles. The van der Waals surface area contributed by atoms with Crippen molar-refractivity contribution < 1.29 is 13.9 Å². The monoisotopic (exact) mass is 422 g/mol. The van der Waals surface area contributed by atoms with Crippen LogP contribution in [-0.4, -0.2) is 21.8 Å². The van der Waals surface area contributed by atoms with E-state index in [1.807, 2.05) is 47.5 Å². The Morgan fingerprint density at radius 3 is 2.77 bits per heavy atom. The predicted molar refractivity (Wildman–Crippen MR) is 117 cm³/mol. The van der Waals surface area contributed by atoms with Gasteiger partial charge in [0.1, 0.15) is 18.2 Å². The van der Waals surface area contributed by atoms with Crippen molar-refractivity contribution in [1.29, 1.82) is 0 Å². The minimum atomic E-state index is -0.269. The van der Waals surface area contributed by atoms with Gasteiger partial charge in [-0.15, -0.1) is 11.3 Å². The summed E-state index contributed by atoms with van der Waals surface area (Å²) in [6.07, 6.45) is 5.44. The SMILES string of the molecule is Cc1nc(COc2cccc(/C=C/C(=O)N(Cc3ccc(F)cc3)C3CC3)c2)cs1. The van der Waals surface area contributed by atoms with Crippen molar-refractivity contribution >= 4 is 23.3 Å². The van der Waals surface area contributed by atoms with Crippen molar-refractivity contribution in [1.82, 2.24) is 9.88 Å². The predicted octanol–water partition coefficient (Wildman–Crippen LogP) is 5.37. The van der Waals surface area contributed by atoms with Gasteiger partial charge < -0.3 is 9.64 Å². The molecule has 3 aromatic rings. The van der Waals surface area contributed by atoms with E-state index >= 15 is 0 Å². The van der Waals surface area contributed by atoms with Gasteiger partial charge in [-0.1, -0.05) is 24.3 Å². The van der Waals surface area contributed by atoms with Crippen molar-refractivity contribution in [3.05, 3.63) is 87.6 Å². The third kappa shape index (κ3) is 5.54. The van der Waals surface area contributed by atoms with Gasteiger partial charge in [-0.25, -0.2) is 9.37 Å². The molecule has 4 nitrogen and oxygen atoms in total. The number of hydrogen-bond donors (Lipinski definition) is 0. The van der Waals surface area contributed by atoms with Crippen LogP contribution in [0.5, 0.6) is 5.75 Å². The van der Waals surface area contributed by atoms with Crippen LogP contribution in [0.2, 0.25) is 0 Å². The molecule has 0 spiro atoms. The van der Waals surface area contributed by atoms with Gasteiger partial charge in [-0.3, -0.25) is 4.79 Å². The fraction of sp³-hybridized carbons (Fsp3) is 0.250. The van der Waals surface area contributed by atoms with E-state index in [0.717, 1.165) is 40.4 Å². The lowest BCUT2D eigenvalue weighted by Crippen LogP contribution is -2.31. The van der Waals surface area contributed by atoms with Crippen molar-refractivity contribution in [2.45, 2.75) is 39.0 Å². The first kappa shape index (κ1) is 20.3. The van der Waals surface area contributed by atoms with Crippen LogP contribution < -0.4 is 4.74 Å². The fourth-order valence-corrected chi connectivity index (χ4v) is 3.76. The number of halogens is 1. The molecule has 2 aromatic carbocycles. The lowest BCUT2D eigenvalue weighted by molar-refractivity contribution is -0.127. The summed E-state index contributed by atoms with van der Waals surface area (Å²) in [5.74, 6) is 0.432. The average molecular weight is 423 g/mol. The highest BCUT2D eigenvalue weighted by atomic mass is 32.1. The molecule has 0 radical (unpaired) electrons. The van der Waals surface area contributed by atoms with E-state index in [9.17, 15) is 9.18 Å². The second kappa shape index (κ2) is 9.22. The number of amides is 1. The maximum atomic E-state index is 13.1. The Hall–Kier alpha value is -2.99. The average Bonchev–Trinajstić information content (AvgIpc) is 3.51. The zero-order valence-electron chi connectivity index (χ0n) is 16.8. The van der Waals surface area contributed by atoms with Crippen molar-refractivity contribution in [2.24, 2.45) is 0 Å². The molecule has 4 rings (SSSR count). The van der Waals surface area contributed by atoms with Crippen LogP contribution in [0.25, 0.3) is 6.08 Å². The molecule has 0 bridgehead atoms. The van der Waals surface area contributed by atoms with Crippen LogP contribution in [-0.2, 0) is 17.9 Å². The summed E-state index contributed by atoms with van der Waals surface area (Å²) in [5.41, 5.74) is 2.74. The summed E-state index contributed by atoms with van der Waals surface area (Å²) in [5, 5.41) is 3.01. The molecule has 1 fully saturated rings. The Bertz CT molecular complexity index is 1040. The first-order chi connectivity index (χ1) is 14.6. The summed E-state index contributed by atoms with van der Waals surface area (Å²) in [7, 11) is 0. The van der Waals surface area contributed by atoms with Crippen LogP contribution in [0.15, 0.2) is 60.0 Å². The number of benzene rings is 2. The minimum absolute atomic E-state index is 0.0360. The first-order valence-electron chi connectivity index (χ1n) is 9.94. The first-order valence-corrected chi connectivity index (χ1v) is 10.8. The highest BCUT2D eigenvalue weighted by molar-refractivity contribution is 7.09. The van der Waals surface area contributed by atoms with Crippen molar-refractivity contribution in [3.63, 3.8) is 0 Å². The van der Waals surface area contributed by atoms with Crippen molar-refractivity contribution in [2.75, 3.05) is 0 Å². The Labute approximate surface area is 179 Å². The molecule has 1 heterocycles. The normalized spacial score (nSPS) is 13.5. The topological polar surface area (TPSA) is 42.4 Å². The van der Waals surface area contributed by atoms with E-state index in [2.05, 4.69) is 4.98 Å². The number of aromatic nitrogens is 1. The van der Waals surface area contributed by atoms with Crippen LogP contribution in [0.1, 0.15) is 34.7 Å². The van der Waals surface area contributed by atoms with E-state index in [1.165, 1.54) is 12.1 Å². The van der Waals surface area contributed by atoms with E-state index in [1.54, 1.807) is 29.5 Å². The molecule has 0 unspecified atom stereocenters. The minimum Gasteiger partial charge on any atom is -0.487 e. The molecular weight excluding hydrogens is 399 g/mol. The molecule has 1 aliphatic rings. The van der Waals surface area contributed by atoms with Gasteiger partial charge in [-0.2, -0.15) is 0 Å². The van der Waals surface area contributed by atoms with E-state index < -0.39 is 0 Å². The number of rotatable bonds is 8. The smallest absolute Gasteiger partial charge is 0.247 e. The van der Waals surface area contributed by atoms with Crippen LogP contribution in [0.4, 0.5) is 4.39 Å². The zero-order valence-corrected chi connectivity index (χ0v) is 17.6. The molecule has 6 heteroatoms. The fourth-order valence-electron chi connectivity index (χ4n) is 3.16. The molecule has 1 saturated carbocycles. The van der Waals surface area contributed by atoms with Gasteiger partial charge in [0, 0.05) is 24.0 Å². The van der Waals surface area contributed by atoms with E-state index in [-0.39, 0.29) is 17.8 Å².